The number of aromatic nitrogens is 1. The number of allylic oxidation sites excluding steroid dienone is 1. The van der Waals surface area contributed by atoms with E-state index in [1.807, 2.05) is 6.07 Å². The molecule has 3 aromatic rings. The van der Waals surface area contributed by atoms with Gasteiger partial charge in [0, 0.05) is 11.1 Å². The topological polar surface area (TPSA) is 25.2 Å². The van der Waals surface area contributed by atoms with Crippen molar-refractivity contribution in [1.82, 2.24) is 4.57 Å². The lowest BCUT2D eigenvalue weighted by molar-refractivity contribution is -0.137. The lowest BCUT2D eigenvalue weighted by Crippen LogP contribution is -2.05. The number of hydrogen-bond acceptors (Lipinski definition) is 3. The van der Waals surface area contributed by atoms with Gasteiger partial charge < -0.3 is 5.11 Å². The summed E-state index contributed by atoms with van der Waals surface area (Å²) >= 11 is 18.8. The van der Waals surface area contributed by atoms with Crippen molar-refractivity contribution >= 4 is 52.3 Å². The summed E-state index contributed by atoms with van der Waals surface area (Å²) in [6.07, 6.45) is -2.95. The molecule has 0 radical (unpaired) electrons. The Morgan fingerprint density at radius 1 is 1.14 bits per heavy atom. The largest absolute Gasteiger partial charge is 0.493 e. The molecule has 0 fully saturated rings. The summed E-state index contributed by atoms with van der Waals surface area (Å²) in [7, 11) is 0. The maximum absolute atomic E-state index is 13.0. The number of thiazole rings is 1. The Bertz CT molecular complexity index is 1100. The lowest BCUT2D eigenvalue weighted by atomic mass is 10.0. The zero-order valence-corrected chi connectivity index (χ0v) is 17.4. The van der Waals surface area contributed by atoms with Gasteiger partial charge in [0.2, 0.25) is 5.88 Å². The highest BCUT2D eigenvalue weighted by atomic mass is 35.5. The SMILES string of the molecule is C/C=C(\c1sc(=S)n(-c2ccccc2)c1O)c1c(Cl)cc(C(F)(F)F)cc1Cl. The van der Waals surface area contributed by atoms with Crippen LogP contribution in [0.4, 0.5) is 13.2 Å². The highest BCUT2D eigenvalue weighted by molar-refractivity contribution is 7.73. The fraction of sp³-hybridized carbons (Fsp3) is 0.105. The quantitative estimate of drug-likeness (QED) is 0.403. The second kappa shape index (κ2) is 7.91. The van der Waals surface area contributed by atoms with E-state index in [-0.39, 0.29) is 21.5 Å². The van der Waals surface area contributed by atoms with Gasteiger partial charge in [-0.05, 0) is 43.4 Å². The van der Waals surface area contributed by atoms with Crippen molar-refractivity contribution in [3.05, 3.63) is 78.5 Å². The van der Waals surface area contributed by atoms with Crippen LogP contribution in [0.1, 0.15) is 22.9 Å². The van der Waals surface area contributed by atoms with E-state index in [1.165, 1.54) is 4.57 Å². The van der Waals surface area contributed by atoms with E-state index in [0.717, 1.165) is 23.5 Å². The Morgan fingerprint density at radius 3 is 2.21 bits per heavy atom. The van der Waals surface area contributed by atoms with Crippen molar-refractivity contribution in [2.45, 2.75) is 13.1 Å². The van der Waals surface area contributed by atoms with Crippen LogP contribution >= 0.6 is 46.8 Å². The number of nitrogens with zero attached hydrogens (tertiary/aromatic N) is 1. The molecule has 0 saturated carbocycles. The molecule has 1 N–H and O–H groups in total. The first-order valence-electron chi connectivity index (χ1n) is 7.88. The summed E-state index contributed by atoms with van der Waals surface area (Å²) in [5.74, 6) is -0.138. The predicted molar refractivity (Wildman–Crippen MR) is 110 cm³/mol. The minimum atomic E-state index is -4.57. The highest BCUT2D eigenvalue weighted by Gasteiger charge is 2.33. The van der Waals surface area contributed by atoms with Crippen LogP contribution < -0.4 is 0 Å². The van der Waals surface area contributed by atoms with Gasteiger partial charge in [0.05, 0.1) is 26.2 Å². The lowest BCUT2D eigenvalue weighted by Gasteiger charge is -2.14. The molecule has 0 aliphatic rings. The molecule has 28 heavy (non-hydrogen) atoms. The van der Waals surface area contributed by atoms with E-state index in [4.69, 9.17) is 35.4 Å². The van der Waals surface area contributed by atoms with E-state index in [1.54, 1.807) is 37.3 Å². The van der Waals surface area contributed by atoms with E-state index in [0.29, 0.717) is 20.1 Å². The molecule has 3 rings (SSSR count). The minimum absolute atomic E-state index is 0.138. The van der Waals surface area contributed by atoms with Crippen LogP contribution in [0.5, 0.6) is 5.88 Å². The monoisotopic (exact) mass is 461 g/mol. The highest BCUT2D eigenvalue weighted by Crippen LogP contribution is 2.44. The summed E-state index contributed by atoms with van der Waals surface area (Å²) in [4.78, 5) is 0.361. The number of para-hydroxylation sites is 1. The Kier molecular flexibility index (Phi) is 5.91. The molecular weight excluding hydrogens is 450 g/mol. The van der Waals surface area contributed by atoms with Gasteiger partial charge in [-0.2, -0.15) is 13.2 Å². The minimum Gasteiger partial charge on any atom is -0.493 e. The third-order valence-electron chi connectivity index (χ3n) is 3.97. The molecule has 0 atom stereocenters. The Balaban J connectivity index is 2.19. The van der Waals surface area contributed by atoms with E-state index < -0.39 is 11.7 Å². The van der Waals surface area contributed by atoms with Gasteiger partial charge in [0.1, 0.15) is 0 Å². The van der Waals surface area contributed by atoms with Crippen molar-refractivity contribution in [2.75, 3.05) is 0 Å². The van der Waals surface area contributed by atoms with Crippen LogP contribution in [0.25, 0.3) is 11.3 Å². The average Bonchev–Trinajstić information content (AvgIpc) is 2.92. The number of aromatic hydroxyl groups is 1. The normalized spacial score (nSPS) is 12.4. The zero-order chi connectivity index (χ0) is 20.6. The predicted octanol–water partition coefficient (Wildman–Crippen LogP) is 7.75. The maximum atomic E-state index is 13.0. The summed E-state index contributed by atoms with van der Waals surface area (Å²) < 4.78 is 40.9. The van der Waals surface area contributed by atoms with Gasteiger partial charge in [-0.15, -0.1) is 11.3 Å². The first kappa shape index (κ1) is 20.9. The van der Waals surface area contributed by atoms with Crippen LogP contribution in [-0.2, 0) is 6.18 Å². The van der Waals surface area contributed by atoms with Crippen molar-refractivity contribution < 1.29 is 18.3 Å². The third-order valence-corrected chi connectivity index (χ3v) is 5.97. The molecule has 0 spiro atoms. The zero-order valence-electron chi connectivity index (χ0n) is 14.2. The van der Waals surface area contributed by atoms with E-state index in [2.05, 4.69) is 0 Å². The van der Waals surface area contributed by atoms with Crippen molar-refractivity contribution in [3.8, 4) is 11.6 Å². The van der Waals surface area contributed by atoms with Gasteiger partial charge in [0.25, 0.3) is 0 Å². The third kappa shape index (κ3) is 3.85. The smallest absolute Gasteiger partial charge is 0.416 e. The Hall–Kier alpha value is -1.80. The molecule has 0 aliphatic heterocycles. The van der Waals surface area contributed by atoms with Gasteiger partial charge in [0.15, 0.2) is 3.95 Å². The second-order valence-corrected chi connectivity index (χ2v) is 8.17. The molecule has 1 heterocycles. The maximum Gasteiger partial charge on any atom is 0.416 e. The van der Waals surface area contributed by atoms with Crippen molar-refractivity contribution in [3.63, 3.8) is 0 Å². The molecule has 2 nitrogen and oxygen atoms in total. The molecule has 0 unspecified atom stereocenters. The number of rotatable bonds is 3. The Morgan fingerprint density at radius 2 is 1.71 bits per heavy atom. The van der Waals surface area contributed by atoms with Gasteiger partial charge in [-0.25, -0.2) is 0 Å². The first-order chi connectivity index (χ1) is 13.1. The molecule has 1 aromatic heterocycles. The molecule has 2 aromatic carbocycles. The van der Waals surface area contributed by atoms with Crippen LogP contribution in [0.15, 0.2) is 48.5 Å². The summed E-state index contributed by atoms with van der Waals surface area (Å²) in [6, 6.07) is 10.6. The van der Waals surface area contributed by atoms with Gasteiger partial charge in [-0.1, -0.05) is 47.5 Å². The molecule has 0 bridgehead atoms. The van der Waals surface area contributed by atoms with Crippen molar-refractivity contribution in [1.29, 1.82) is 0 Å². The van der Waals surface area contributed by atoms with Crippen LogP contribution in [0, 0.1) is 3.95 Å². The molecule has 0 saturated heterocycles. The van der Waals surface area contributed by atoms with Gasteiger partial charge in [-0.3, -0.25) is 4.57 Å². The molecule has 0 aliphatic carbocycles. The van der Waals surface area contributed by atoms with Crippen molar-refractivity contribution in [2.24, 2.45) is 0 Å². The number of hydrogen-bond donors (Lipinski definition) is 1. The number of alkyl halides is 3. The second-order valence-electron chi connectivity index (χ2n) is 5.71. The fourth-order valence-corrected chi connectivity index (χ4v) is 4.83. The van der Waals surface area contributed by atoms with Crippen LogP contribution in [0.3, 0.4) is 0 Å². The fourth-order valence-electron chi connectivity index (χ4n) is 2.73. The molecule has 9 heteroatoms. The molecule has 0 amide bonds. The number of benzene rings is 2. The van der Waals surface area contributed by atoms with Crippen LogP contribution in [0.2, 0.25) is 10.0 Å². The summed E-state index contributed by atoms with van der Waals surface area (Å²) in [5.41, 5.74) is 0.311. The summed E-state index contributed by atoms with van der Waals surface area (Å²) in [6.45, 7) is 1.68. The van der Waals surface area contributed by atoms with E-state index >= 15 is 0 Å². The molecular formula is C19H12Cl2F3NOS2. The first-order valence-corrected chi connectivity index (χ1v) is 9.86. The van der Waals surface area contributed by atoms with Crippen LogP contribution in [-0.4, -0.2) is 9.67 Å². The Labute approximate surface area is 178 Å². The standard InChI is InChI=1S/C19H12Cl2F3NOS2/c1-2-12(15-13(20)8-10(9-14(15)21)19(22,23)24)16-17(26)25(18(27)28-16)11-6-4-3-5-7-11/h2-9,26H,1H3/b12-2-. The average molecular weight is 462 g/mol. The molecule has 146 valence electrons. The van der Waals surface area contributed by atoms with Gasteiger partial charge >= 0.3 is 6.18 Å². The summed E-state index contributed by atoms with van der Waals surface area (Å²) in [5, 5.41) is 10.5. The number of halogens is 5. The van der Waals surface area contributed by atoms with E-state index in [9.17, 15) is 18.3 Å².